The van der Waals surface area contributed by atoms with Crippen LogP contribution in [0, 0.1) is 0 Å². The molecule has 3 nitrogen and oxygen atoms in total. The monoisotopic (exact) mass is 345 g/mol. The normalized spacial score (nSPS) is 17.6. The molecule has 23 heavy (non-hydrogen) atoms. The Labute approximate surface area is 147 Å². The summed E-state index contributed by atoms with van der Waals surface area (Å²) < 4.78 is 0. The number of nitrogens with one attached hydrogen (secondary N) is 2. The fourth-order valence-electron chi connectivity index (χ4n) is 3.20. The van der Waals surface area contributed by atoms with Gasteiger partial charge in [0.1, 0.15) is 0 Å². The van der Waals surface area contributed by atoms with Gasteiger partial charge in [0.05, 0.1) is 6.04 Å². The molecule has 0 bridgehead atoms. The Bertz CT molecular complexity index is 606. The first-order valence-corrected chi connectivity index (χ1v) is 9.43. The van der Waals surface area contributed by atoms with Crippen molar-refractivity contribution < 1.29 is 0 Å². The van der Waals surface area contributed by atoms with Gasteiger partial charge in [0.25, 0.3) is 0 Å². The molecule has 122 valence electrons. The first-order chi connectivity index (χ1) is 11.2. The predicted molar refractivity (Wildman–Crippen MR) is 103 cm³/mol. The number of likely N-dealkylation sites (tertiary alicyclic amines) is 1. The highest BCUT2D eigenvalue weighted by molar-refractivity contribution is 7.80. The third-order valence-electron chi connectivity index (χ3n) is 4.23. The van der Waals surface area contributed by atoms with Crippen LogP contribution in [0.5, 0.6) is 0 Å². The standard InChI is InChI=1S/C18H23N3S2/c1-14(19-18(22)20-15-8-3-2-4-9-15)17(16-10-7-13-23-16)21-11-5-6-12-21/h2-4,7-10,13-14,17H,5-6,11-12H2,1H3,(H2,19,20,22)/t14-,17+/m1/s1. The summed E-state index contributed by atoms with van der Waals surface area (Å²) in [4.78, 5) is 3.99. The molecule has 1 aliphatic heterocycles. The van der Waals surface area contributed by atoms with Gasteiger partial charge < -0.3 is 10.6 Å². The summed E-state index contributed by atoms with van der Waals surface area (Å²) in [6.07, 6.45) is 2.59. The molecule has 1 aromatic heterocycles. The van der Waals surface area contributed by atoms with Crippen molar-refractivity contribution in [2.24, 2.45) is 0 Å². The summed E-state index contributed by atoms with van der Waals surface area (Å²) in [5.41, 5.74) is 1.02. The Morgan fingerprint density at radius 1 is 1.13 bits per heavy atom. The lowest BCUT2D eigenvalue weighted by molar-refractivity contribution is 0.214. The number of thiophene rings is 1. The number of thiocarbonyl (C=S) groups is 1. The molecule has 2 atom stereocenters. The highest BCUT2D eigenvalue weighted by Crippen LogP contribution is 2.31. The van der Waals surface area contributed by atoms with E-state index in [4.69, 9.17) is 12.2 Å². The van der Waals surface area contributed by atoms with E-state index in [1.165, 1.54) is 30.8 Å². The van der Waals surface area contributed by atoms with E-state index in [0.29, 0.717) is 11.2 Å². The van der Waals surface area contributed by atoms with E-state index < -0.39 is 0 Å². The third-order valence-corrected chi connectivity index (χ3v) is 5.40. The molecule has 2 N–H and O–H groups in total. The number of rotatable bonds is 5. The van der Waals surface area contributed by atoms with Crippen molar-refractivity contribution in [1.29, 1.82) is 0 Å². The molecule has 2 heterocycles. The van der Waals surface area contributed by atoms with Crippen molar-refractivity contribution in [3.63, 3.8) is 0 Å². The number of hydrogen-bond acceptors (Lipinski definition) is 3. The van der Waals surface area contributed by atoms with Crippen LogP contribution in [0.4, 0.5) is 5.69 Å². The number of para-hydroxylation sites is 1. The first kappa shape index (κ1) is 16.4. The number of benzene rings is 1. The van der Waals surface area contributed by atoms with E-state index in [2.05, 4.69) is 40.0 Å². The maximum absolute atomic E-state index is 5.50. The lowest BCUT2D eigenvalue weighted by Gasteiger charge is -2.33. The molecule has 0 spiro atoms. The minimum atomic E-state index is 0.260. The molecule has 1 aliphatic rings. The highest BCUT2D eigenvalue weighted by Gasteiger charge is 2.29. The second kappa shape index (κ2) is 7.90. The zero-order valence-corrected chi connectivity index (χ0v) is 15.0. The summed E-state index contributed by atoms with van der Waals surface area (Å²) in [6.45, 7) is 4.57. The Balaban J connectivity index is 1.66. The molecular formula is C18H23N3S2. The third kappa shape index (κ3) is 4.31. The highest BCUT2D eigenvalue weighted by atomic mass is 32.1. The van der Waals surface area contributed by atoms with Gasteiger partial charge in [-0.25, -0.2) is 0 Å². The minimum absolute atomic E-state index is 0.260. The van der Waals surface area contributed by atoms with Crippen molar-refractivity contribution in [1.82, 2.24) is 10.2 Å². The zero-order chi connectivity index (χ0) is 16.1. The van der Waals surface area contributed by atoms with Gasteiger partial charge in [-0.05, 0) is 68.7 Å². The van der Waals surface area contributed by atoms with Crippen LogP contribution in [0.3, 0.4) is 0 Å². The molecule has 5 heteroatoms. The van der Waals surface area contributed by atoms with Gasteiger partial charge in [0.15, 0.2) is 5.11 Å². The first-order valence-electron chi connectivity index (χ1n) is 8.14. The van der Waals surface area contributed by atoms with Crippen molar-refractivity contribution in [3.8, 4) is 0 Å². The quantitative estimate of drug-likeness (QED) is 0.792. The topological polar surface area (TPSA) is 27.3 Å². The fraction of sp³-hybridized carbons (Fsp3) is 0.389. The lowest BCUT2D eigenvalue weighted by Crippen LogP contribution is -2.45. The molecular weight excluding hydrogens is 322 g/mol. The van der Waals surface area contributed by atoms with Crippen LogP contribution in [-0.2, 0) is 0 Å². The van der Waals surface area contributed by atoms with Gasteiger partial charge in [-0.1, -0.05) is 24.3 Å². The van der Waals surface area contributed by atoms with E-state index in [0.717, 1.165) is 5.69 Å². The van der Waals surface area contributed by atoms with Crippen LogP contribution in [0.1, 0.15) is 30.7 Å². The summed E-state index contributed by atoms with van der Waals surface area (Å²) in [6, 6.07) is 15.1. The molecule has 0 unspecified atom stereocenters. The van der Waals surface area contributed by atoms with Crippen LogP contribution >= 0.6 is 23.6 Å². The summed E-state index contributed by atoms with van der Waals surface area (Å²) in [5, 5.41) is 9.59. The second-order valence-corrected chi connectivity index (χ2v) is 7.34. The molecule has 1 saturated heterocycles. The number of anilines is 1. The zero-order valence-electron chi connectivity index (χ0n) is 13.4. The van der Waals surface area contributed by atoms with E-state index in [1.807, 2.05) is 41.7 Å². The minimum Gasteiger partial charge on any atom is -0.358 e. The lowest BCUT2D eigenvalue weighted by atomic mass is 10.1. The van der Waals surface area contributed by atoms with E-state index in [-0.39, 0.29) is 6.04 Å². The van der Waals surface area contributed by atoms with E-state index >= 15 is 0 Å². The number of hydrogen-bond donors (Lipinski definition) is 2. The summed E-state index contributed by atoms with van der Waals surface area (Å²) >= 11 is 7.33. The molecule has 0 amide bonds. The Morgan fingerprint density at radius 2 is 1.87 bits per heavy atom. The average Bonchev–Trinajstić information content (AvgIpc) is 3.22. The Kier molecular flexibility index (Phi) is 5.65. The molecule has 1 aromatic carbocycles. The Hall–Kier alpha value is -1.43. The van der Waals surface area contributed by atoms with Crippen LogP contribution in [0.15, 0.2) is 47.8 Å². The Morgan fingerprint density at radius 3 is 2.52 bits per heavy atom. The predicted octanol–water partition coefficient (Wildman–Crippen LogP) is 4.26. The van der Waals surface area contributed by atoms with Crippen LogP contribution < -0.4 is 10.6 Å². The molecule has 0 radical (unpaired) electrons. The molecule has 0 aliphatic carbocycles. The second-order valence-electron chi connectivity index (χ2n) is 5.96. The largest absolute Gasteiger partial charge is 0.358 e. The maximum atomic E-state index is 5.50. The van der Waals surface area contributed by atoms with Gasteiger partial charge in [-0.3, -0.25) is 4.90 Å². The number of nitrogens with zero attached hydrogens (tertiary/aromatic N) is 1. The molecule has 1 fully saturated rings. The van der Waals surface area contributed by atoms with Crippen LogP contribution in [0.25, 0.3) is 0 Å². The average molecular weight is 346 g/mol. The van der Waals surface area contributed by atoms with E-state index in [9.17, 15) is 0 Å². The fourth-order valence-corrected chi connectivity index (χ4v) is 4.46. The summed E-state index contributed by atoms with van der Waals surface area (Å²) in [5.74, 6) is 0. The van der Waals surface area contributed by atoms with Crippen LogP contribution in [0.2, 0.25) is 0 Å². The molecule has 3 rings (SSSR count). The van der Waals surface area contributed by atoms with Gasteiger partial charge in [-0.2, -0.15) is 0 Å². The van der Waals surface area contributed by atoms with Gasteiger partial charge in [-0.15, -0.1) is 11.3 Å². The molecule has 0 saturated carbocycles. The van der Waals surface area contributed by atoms with Crippen molar-refractivity contribution in [2.45, 2.75) is 31.8 Å². The van der Waals surface area contributed by atoms with Gasteiger partial charge in [0, 0.05) is 16.6 Å². The van der Waals surface area contributed by atoms with Gasteiger partial charge in [0.2, 0.25) is 0 Å². The van der Waals surface area contributed by atoms with Crippen LogP contribution in [-0.4, -0.2) is 29.1 Å². The van der Waals surface area contributed by atoms with Gasteiger partial charge >= 0.3 is 0 Å². The molecule has 2 aromatic rings. The smallest absolute Gasteiger partial charge is 0.171 e. The van der Waals surface area contributed by atoms with E-state index in [1.54, 1.807) is 0 Å². The maximum Gasteiger partial charge on any atom is 0.171 e. The SMILES string of the molecule is C[C@@H](NC(=S)Nc1ccccc1)[C@@H](c1cccs1)N1CCCC1. The summed E-state index contributed by atoms with van der Waals surface area (Å²) in [7, 11) is 0. The van der Waals surface area contributed by atoms with Crippen molar-refractivity contribution in [3.05, 3.63) is 52.7 Å². The van der Waals surface area contributed by atoms with Crippen molar-refractivity contribution in [2.75, 3.05) is 18.4 Å². The van der Waals surface area contributed by atoms with Crippen molar-refractivity contribution >= 4 is 34.4 Å².